The highest BCUT2D eigenvalue weighted by atomic mass is 79.9. The molecule has 18 heavy (non-hydrogen) atoms. The molecule has 0 saturated carbocycles. The van der Waals surface area contributed by atoms with Gasteiger partial charge in [0, 0.05) is 17.8 Å². The third kappa shape index (κ3) is 3.11. The summed E-state index contributed by atoms with van der Waals surface area (Å²) in [6, 6.07) is 7.51. The molecule has 2 aromatic rings. The van der Waals surface area contributed by atoms with E-state index in [4.69, 9.17) is 5.73 Å². The lowest BCUT2D eigenvalue weighted by Gasteiger charge is -2.09. The Morgan fingerprint density at radius 3 is 2.78 bits per heavy atom. The van der Waals surface area contributed by atoms with Crippen LogP contribution in [-0.4, -0.2) is 5.91 Å². The minimum absolute atomic E-state index is 0.397. The van der Waals surface area contributed by atoms with Gasteiger partial charge in [0.25, 0.3) is 0 Å². The van der Waals surface area contributed by atoms with E-state index in [2.05, 4.69) is 32.7 Å². The Morgan fingerprint density at radius 2 is 2.22 bits per heavy atom. The molecule has 0 spiro atoms. The number of rotatable bonds is 4. The summed E-state index contributed by atoms with van der Waals surface area (Å²) in [6.45, 7) is 2.72. The summed E-state index contributed by atoms with van der Waals surface area (Å²) in [5.74, 6) is -0.397. The van der Waals surface area contributed by atoms with Crippen molar-refractivity contribution in [2.24, 2.45) is 5.73 Å². The molecule has 0 bridgehead atoms. The number of nitrogens with one attached hydrogen (secondary N) is 1. The van der Waals surface area contributed by atoms with Crippen molar-refractivity contribution in [2.75, 3.05) is 5.32 Å². The van der Waals surface area contributed by atoms with E-state index < -0.39 is 5.91 Å². The number of anilines is 1. The van der Waals surface area contributed by atoms with Gasteiger partial charge >= 0.3 is 0 Å². The smallest absolute Gasteiger partial charge is 0.248 e. The van der Waals surface area contributed by atoms with Gasteiger partial charge < -0.3 is 11.1 Å². The minimum Gasteiger partial charge on any atom is -0.381 e. The van der Waals surface area contributed by atoms with Crippen LogP contribution < -0.4 is 11.1 Å². The monoisotopic (exact) mass is 324 g/mol. The van der Waals surface area contributed by atoms with Crippen LogP contribution >= 0.6 is 27.3 Å². The number of primary amides is 1. The van der Waals surface area contributed by atoms with Crippen molar-refractivity contribution in [3.63, 3.8) is 0 Å². The summed E-state index contributed by atoms with van der Waals surface area (Å²) in [5, 5.41) is 5.44. The fraction of sp³-hybridized carbons (Fsp3) is 0.154. The Labute approximate surface area is 118 Å². The van der Waals surface area contributed by atoms with E-state index in [-0.39, 0.29) is 0 Å². The van der Waals surface area contributed by atoms with E-state index in [9.17, 15) is 4.79 Å². The van der Waals surface area contributed by atoms with Crippen molar-refractivity contribution in [1.29, 1.82) is 0 Å². The third-order valence-corrected chi connectivity index (χ3v) is 4.17. The zero-order valence-electron chi connectivity index (χ0n) is 9.87. The van der Waals surface area contributed by atoms with Crippen LogP contribution in [-0.2, 0) is 6.54 Å². The zero-order chi connectivity index (χ0) is 13.1. The molecule has 0 atom stereocenters. The Morgan fingerprint density at radius 1 is 1.44 bits per heavy atom. The summed E-state index contributed by atoms with van der Waals surface area (Å²) >= 11 is 5.10. The van der Waals surface area contributed by atoms with Gasteiger partial charge in [0.15, 0.2) is 0 Å². The highest BCUT2D eigenvalue weighted by molar-refractivity contribution is 9.11. The maximum absolute atomic E-state index is 11.0. The van der Waals surface area contributed by atoms with Crippen molar-refractivity contribution in [3.05, 3.63) is 50.1 Å². The number of thiophene rings is 1. The molecule has 1 aromatic carbocycles. The zero-order valence-corrected chi connectivity index (χ0v) is 12.3. The second kappa shape index (κ2) is 5.54. The standard InChI is InChI=1S/C13H13BrN2OS/c1-8-4-10(13(15)17)2-3-11(8)16-6-9-5-12(14)18-7-9/h2-5,7,16H,6H2,1H3,(H2,15,17). The lowest BCUT2D eigenvalue weighted by atomic mass is 10.1. The van der Waals surface area contributed by atoms with Crippen LogP contribution in [0.15, 0.2) is 33.4 Å². The predicted octanol–water partition coefficient (Wildman–Crippen LogP) is 3.53. The van der Waals surface area contributed by atoms with Crippen LogP contribution in [0.2, 0.25) is 0 Å². The SMILES string of the molecule is Cc1cc(C(N)=O)ccc1NCc1csc(Br)c1. The van der Waals surface area contributed by atoms with Crippen LogP contribution in [0, 0.1) is 6.92 Å². The highest BCUT2D eigenvalue weighted by Gasteiger charge is 2.04. The maximum atomic E-state index is 11.0. The molecule has 1 amide bonds. The summed E-state index contributed by atoms with van der Waals surface area (Å²) in [4.78, 5) is 11.0. The molecule has 3 nitrogen and oxygen atoms in total. The molecule has 0 fully saturated rings. The number of halogens is 1. The first kappa shape index (κ1) is 13.1. The van der Waals surface area contributed by atoms with Crippen LogP contribution in [0.4, 0.5) is 5.69 Å². The predicted molar refractivity (Wildman–Crippen MR) is 79.0 cm³/mol. The van der Waals surface area contributed by atoms with E-state index in [0.29, 0.717) is 5.56 Å². The van der Waals surface area contributed by atoms with E-state index in [1.54, 1.807) is 23.5 Å². The van der Waals surface area contributed by atoms with Crippen LogP contribution in [0.25, 0.3) is 0 Å². The highest BCUT2D eigenvalue weighted by Crippen LogP contribution is 2.22. The number of benzene rings is 1. The van der Waals surface area contributed by atoms with Crippen LogP contribution in [0.5, 0.6) is 0 Å². The quantitative estimate of drug-likeness (QED) is 0.903. The number of hydrogen-bond donors (Lipinski definition) is 2. The maximum Gasteiger partial charge on any atom is 0.248 e. The van der Waals surface area contributed by atoms with E-state index in [0.717, 1.165) is 21.6 Å². The molecule has 0 radical (unpaired) electrons. The molecular formula is C13H13BrN2OS. The van der Waals surface area contributed by atoms with Crippen molar-refractivity contribution in [3.8, 4) is 0 Å². The molecule has 5 heteroatoms. The fourth-order valence-corrected chi connectivity index (χ4v) is 2.86. The number of amides is 1. The molecule has 1 heterocycles. The molecule has 0 saturated heterocycles. The fourth-order valence-electron chi connectivity index (χ4n) is 1.65. The van der Waals surface area contributed by atoms with E-state index in [1.807, 2.05) is 13.0 Å². The summed E-state index contributed by atoms with van der Waals surface area (Å²) in [5.41, 5.74) is 9.03. The number of aryl methyl sites for hydroxylation is 1. The second-order valence-electron chi connectivity index (χ2n) is 4.01. The van der Waals surface area contributed by atoms with Crippen LogP contribution in [0.1, 0.15) is 21.5 Å². The van der Waals surface area contributed by atoms with Gasteiger partial charge in [0.05, 0.1) is 3.79 Å². The number of hydrogen-bond acceptors (Lipinski definition) is 3. The van der Waals surface area contributed by atoms with Gasteiger partial charge in [0.1, 0.15) is 0 Å². The van der Waals surface area contributed by atoms with Crippen molar-refractivity contribution < 1.29 is 4.79 Å². The molecule has 3 N–H and O–H groups in total. The summed E-state index contributed by atoms with van der Waals surface area (Å²) in [7, 11) is 0. The molecule has 2 rings (SSSR count). The second-order valence-corrected chi connectivity index (χ2v) is 6.30. The Kier molecular flexibility index (Phi) is 4.04. The van der Waals surface area contributed by atoms with Gasteiger partial charge in [-0.1, -0.05) is 0 Å². The van der Waals surface area contributed by atoms with Gasteiger partial charge in [0.2, 0.25) is 5.91 Å². The Bertz CT molecular complexity index is 580. The number of nitrogens with two attached hydrogens (primary N) is 1. The van der Waals surface area contributed by atoms with Gasteiger partial charge in [-0.3, -0.25) is 4.79 Å². The number of carbonyl (C=O) groups is 1. The van der Waals surface area contributed by atoms with Gasteiger partial charge in [-0.15, -0.1) is 11.3 Å². The minimum atomic E-state index is -0.397. The Balaban J connectivity index is 2.08. The van der Waals surface area contributed by atoms with Gasteiger partial charge in [-0.25, -0.2) is 0 Å². The largest absolute Gasteiger partial charge is 0.381 e. The molecular weight excluding hydrogens is 312 g/mol. The average molecular weight is 325 g/mol. The van der Waals surface area contributed by atoms with Crippen molar-refractivity contribution >= 4 is 38.9 Å². The first-order chi connectivity index (χ1) is 8.56. The van der Waals surface area contributed by atoms with Gasteiger partial charge in [-0.05, 0) is 63.6 Å². The molecule has 0 aliphatic rings. The topological polar surface area (TPSA) is 55.1 Å². The molecule has 1 aromatic heterocycles. The first-order valence-corrected chi connectivity index (χ1v) is 7.11. The average Bonchev–Trinajstić information content (AvgIpc) is 2.73. The molecule has 0 aliphatic carbocycles. The van der Waals surface area contributed by atoms with E-state index in [1.165, 1.54) is 5.56 Å². The number of carbonyl (C=O) groups excluding carboxylic acids is 1. The normalized spacial score (nSPS) is 10.3. The van der Waals surface area contributed by atoms with Crippen LogP contribution in [0.3, 0.4) is 0 Å². The molecule has 0 aliphatic heterocycles. The Hall–Kier alpha value is -1.33. The summed E-state index contributed by atoms with van der Waals surface area (Å²) in [6.07, 6.45) is 0. The van der Waals surface area contributed by atoms with Crippen molar-refractivity contribution in [2.45, 2.75) is 13.5 Å². The van der Waals surface area contributed by atoms with Gasteiger partial charge in [-0.2, -0.15) is 0 Å². The molecule has 0 unspecified atom stereocenters. The van der Waals surface area contributed by atoms with Crippen molar-refractivity contribution in [1.82, 2.24) is 0 Å². The third-order valence-electron chi connectivity index (χ3n) is 2.62. The lowest BCUT2D eigenvalue weighted by Crippen LogP contribution is -2.11. The molecule has 94 valence electrons. The summed E-state index contributed by atoms with van der Waals surface area (Å²) < 4.78 is 1.13. The lowest BCUT2D eigenvalue weighted by molar-refractivity contribution is 0.1000. The first-order valence-electron chi connectivity index (χ1n) is 5.43. The van der Waals surface area contributed by atoms with E-state index >= 15 is 0 Å².